The third-order valence-corrected chi connectivity index (χ3v) is 4.76. The summed E-state index contributed by atoms with van der Waals surface area (Å²) in [5, 5.41) is 9.65. The summed E-state index contributed by atoms with van der Waals surface area (Å²) in [6, 6.07) is 19.5. The molecule has 2 aromatic carbocycles. The average molecular weight is 349 g/mol. The Kier molecular flexibility index (Phi) is 5.88. The highest BCUT2D eigenvalue weighted by Crippen LogP contribution is 2.25. The molecule has 0 N–H and O–H groups in total. The maximum Gasteiger partial charge on any atom is 0.227 e. The molecule has 0 aromatic heterocycles. The Morgan fingerprint density at radius 2 is 1.85 bits per heavy atom. The van der Waals surface area contributed by atoms with Gasteiger partial charge in [-0.3, -0.25) is 9.69 Å². The summed E-state index contributed by atoms with van der Waals surface area (Å²) >= 11 is 0. The number of hydrogen-bond acceptors (Lipinski definition) is 4. The van der Waals surface area contributed by atoms with Crippen LogP contribution in [0.15, 0.2) is 54.6 Å². The monoisotopic (exact) mass is 349 g/mol. The number of piperazine rings is 1. The Labute approximate surface area is 154 Å². The number of benzene rings is 2. The van der Waals surface area contributed by atoms with Crippen molar-refractivity contribution in [2.75, 3.05) is 33.3 Å². The molecule has 1 saturated heterocycles. The van der Waals surface area contributed by atoms with Gasteiger partial charge in [-0.1, -0.05) is 42.5 Å². The number of nitrogens with zero attached hydrogens (tertiary/aromatic N) is 3. The molecular formula is C21H23N3O2. The van der Waals surface area contributed by atoms with E-state index in [-0.39, 0.29) is 11.9 Å². The first-order valence-corrected chi connectivity index (χ1v) is 8.80. The van der Waals surface area contributed by atoms with Crippen LogP contribution in [0.2, 0.25) is 0 Å². The van der Waals surface area contributed by atoms with Crippen molar-refractivity contribution in [3.63, 3.8) is 0 Å². The van der Waals surface area contributed by atoms with Gasteiger partial charge in [0.1, 0.15) is 11.8 Å². The van der Waals surface area contributed by atoms with Crippen molar-refractivity contribution < 1.29 is 9.53 Å². The van der Waals surface area contributed by atoms with Crippen LogP contribution in [-0.2, 0) is 11.2 Å². The summed E-state index contributed by atoms with van der Waals surface area (Å²) in [5.41, 5.74) is 1.96. The van der Waals surface area contributed by atoms with Gasteiger partial charge in [-0.15, -0.1) is 0 Å². The maximum atomic E-state index is 12.5. The Hall–Kier alpha value is -2.84. The molecule has 0 aliphatic carbocycles. The number of carbonyl (C=O) groups is 1. The summed E-state index contributed by atoms with van der Waals surface area (Å²) in [5.74, 6) is 0.894. The summed E-state index contributed by atoms with van der Waals surface area (Å²) in [7, 11) is 1.62. The highest BCUT2D eigenvalue weighted by Gasteiger charge is 2.27. The van der Waals surface area contributed by atoms with Crippen LogP contribution in [-0.4, -0.2) is 49.0 Å². The van der Waals surface area contributed by atoms with Crippen LogP contribution in [0, 0.1) is 11.3 Å². The zero-order chi connectivity index (χ0) is 18.4. The second-order valence-corrected chi connectivity index (χ2v) is 6.39. The van der Waals surface area contributed by atoms with Gasteiger partial charge in [0.2, 0.25) is 5.91 Å². The molecule has 1 aliphatic rings. The number of carbonyl (C=O) groups excluding carboxylic acids is 1. The Balaban J connectivity index is 1.60. The molecule has 0 radical (unpaired) electrons. The second kappa shape index (κ2) is 8.50. The highest BCUT2D eigenvalue weighted by atomic mass is 16.5. The molecule has 0 spiro atoms. The van der Waals surface area contributed by atoms with Crippen molar-refractivity contribution in [2.24, 2.45) is 0 Å². The fourth-order valence-electron chi connectivity index (χ4n) is 3.29. The van der Waals surface area contributed by atoms with E-state index >= 15 is 0 Å². The zero-order valence-corrected chi connectivity index (χ0v) is 15.0. The van der Waals surface area contributed by atoms with Crippen molar-refractivity contribution in [1.29, 1.82) is 5.26 Å². The van der Waals surface area contributed by atoms with Gasteiger partial charge >= 0.3 is 0 Å². The molecule has 1 heterocycles. The molecule has 5 nitrogen and oxygen atoms in total. The molecule has 0 bridgehead atoms. The van der Waals surface area contributed by atoms with Crippen molar-refractivity contribution in [2.45, 2.75) is 12.5 Å². The van der Waals surface area contributed by atoms with Crippen LogP contribution < -0.4 is 4.74 Å². The number of rotatable bonds is 5. The predicted molar refractivity (Wildman–Crippen MR) is 99.6 cm³/mol. The van der Waals surface area contributed by atoms with Crippen molar-refractivity contribution >= 4 is 5.91 Å². The van der Waals surface area contributed by atoms with Gasteiger partial charge in [-0.05, 0) is 23.3 Å². The third-order valence-electron chi connectivity index (χ3n) is 4.76. The van der Waals surface area contributed by atoms with Gasteiger partial charge < -0.3 is 9.64 Å². The van der Waals surface area contributed by atoms with Crippen LogP contribution in [0.4, 0.5) is 0 Å². The fraction of sp³-hybridized carbons (Fsp3) is 0.333. The molecule has 26 heavy (non-hydrogen) atoms. The molecule has 3 rings (SSSR count). The first-order chi connectivity index (χ1) is 12.7. The molecule has 134 valence electrons. The van der Waals surface area contributed by atoms with Gasteiger partial charge in [0.05, 0.1) is 19.6 Å². The van der Waals surface area contributed by atoms with Crippen molar-refractivity contribution in [3.8, 4) is 11.8 Å². The summed E-state index contributed by atoms with van der Waals surface area (Å²) in [6.07, 6.45) is 0.429. The first kappa shape index (κ1) is 18.0. The van der Waals surface area contributed by atoms with Gasteiger partial charge in [-0.2, -0.15) is 5.26 Å². The van der Waals surface area contributed by atoms with Crippen molar-refractivity contribution in [3.05, 3.63) is 65.7 Å². The van der Waals surface area contributed by atoms with Crippen LogP contribution in [0.5, 0.6) is 5.75 Å². The summed E-state index contributed by atoms with van der Waals surface area (Å²) in [6.45, 7) is 2.67. The van der Waals surface area contributed by atoms with Crippen LogP contribution in [0.25, 0.3) is 0 Å². The molecule has 1 fully saturated rings. The minimum Gasteiger partial charge on any atom is -0.497 e. The molecule has 1 unspecified atom stereocenters. The van der Waals surface area contributed by atoms with Crippen LogP contribution >= 0.6 is 0 Å². The average Bonchev–Trinajstić information content (AvgIpc) is 2.70. The van der Waals surface area contributed by atoms with Crippen LogP contribution in [0.3, 0.4) is 0 Å². The van der Waals surface area contributed by atoms with E-state index in [0.717, 1.165) is 16.9 Å². The van der Waals surface area contributed by atoms with E-state index in [4.69, 9.17) is 4.74 Å². The Morgan fingerprint density at radius 1 is 1.12 bits per heavy atom. The molecule has 1 amide bonds. The third kappa shape index (κ3) is 4.22. The first-order valence-electron chi connectivity index (χ1n) is 8.80. The lowest BCUT2D eigenvalue weighted by Crippen LogP contribution is -2.49. The normalized spacial score (nSPS) is 15.9. The number of amides is 1. The lowest BCUT2D eigenvalue weighted by Gasteiger charge is -2.37. The van der Waals surface area contributed by atoms with Crippen molar-refractivity contribution in [1.82, 2.24) is 9.80 Å². The lowest BCUT2D eigenvalue weighted by molar-refractivity contribution is -0.132. The molecule has 1 atom stereocenters. The molecular weight excluding hydrogens is 326 g/mol. The maximum absolute atomic E-state index is 12.5. The summed E-state index contributed by atoms with van der Waals surface area (Å²) in [4.78, 5) is 16.5. The smallest absolute Gasteiger partial charge is 0.227 e. The zero-order valence-electron chi connectivity index (χ0n) is 15.0. The molecule has 2 aromatic rings. The SMILES string of the molecule is COc1cccc(C(C#N)N2CCN(C(=O)Cc3ccccc3)CC2)c1. The fourth-order valence-corrected chi connectivity index (χ4v) is 3.29. The quantitative estimate of drug-likeness (QED) is 0.833. The summed E-state index contributed by atoms with van der Waals surface area (Å²) < 4.78 is 5.26. The van der Waals surface area contributed by atoms with E-state index < -0.39 is 0 Å². The van der Waals surface area contributed by atoms with E-state index in [1.165, 1.54) is 0 Å². The van der Waals surface area contributed by atoms with E-state index in [2.05, 4.69) is 11.0 Å². The van der Waals surface area contributed by atoms with Gasteiger partial charge in [0.25, 0.3) is 0 Å². The number of methoxy groups -OCH3 is 1. The van der Waals surface area contributed by atoms with E-state index in [1.807, 2.05) is 59.5 Å². The topological polar surface area (TPSA) is 56.6 Å². The Morgan fingerprint density at radius 3 is 2.50 bits per heavy atom. The van der Waals surface area contributed by atoms with E-state index in [0.29, 0.717) is 32.6 Å². The largest absolute Gasteiger partial charge is 0.497 e. The lowest BCUT2D eigenvalue weighted by atomic mass is 10.0. The minimum absolute atomic E-state index is 0.144. The van der Waals surface area contributed by atoms with E-state index in [1.54, 1.807) is 7.11 Å². The molecule has 5 heteroatoms. The second-order valence-electron chi connectivity index (χ2n) is 6.39. The van der Waals surface area contributed by atoms with Gasteiger partial charge in [0, 0.05) is 26.2 Å². The number of nitriles is 1. The molecule has 1 aliphatic heterocycles. The minimum atomic E-state index is -0.323. The number of ether oxygens (including phenoxy) is 1. The highest BCUT2D eigenvalue weighted by molar-refractivity contribution is 5.78. The Bertz CT molecular complexity index is 777. The van der Waals surface area contributed by atoms with Gasteiger partial charge in [0.15, 0.2) is 0 Å². The van der Waals surface area contributed by atoms with Crippen LogP contribution in [0.1, 0.15) is 17.2 Å². The number of hydrogen-bond donors (Lipinski definition) is 0. The molecule has 0 saturated carbocycles. The van der Waals surface area contributed by atoms with E-state index in [9.17, 15) is 10.1 Å². The van der Waals surface area contributed by atoms with Gasteiger partial charge in [-0.25, -0.2) is 0 Å². The standard InChI is InChI=1S/C21H23N3O2/c1-26-19-9-5-8-18(15-19)20(16-22)23-10-12-24(13-11-23)21(25)14-17-6-3-2-4-7-17/h2-9,15,20H,10-14H2,1H3. The predicted octanol–water partition coefficient (Wildman–Crippen LogP) is 2.65.